The average Bonchev–Trinajstić information content (AvgIpc) is 2.67. The highest BCUT2D eigenvalue weighted by atomic mass is 32.2. The van der Waals surface area contributed by atoms with E-state index >= 15 is 0 Å². The second-order valence-corrected chi connectivity index (χ2v) is 6.35. The molecule has 1 unspecified atom stereocenters. The van der Waals surface area contributed by atoms with Crippen molar-refractivity contribution >= 4 is 29.4 Å². The maximum absolute atomic E-state index is 11.7. The van der Waals surface area contributed by atoms with Crippen LogP contribution in [0.3, 0.4) is 0 Å². The highest BCUT2D eigenvalue weighted by Gasteiger charge is 2.35. The van der Waals surface area contributed by atoms with Crippen molar-refractivity contribution in [1.29, 1.82) is 0 Å². The fourth-order valence-corrected chi connectivity index (χ4v) is 3.15. The van der Waals surface area contributed by atoms with Gasteiger partial charge in [-0.2, -0.15) is 0 Å². The third-order valence-corrected chi connectivity index (χ3v) is 4.61. The highest BCUT2D eigenvalue weighted by Crippen LogP contribution is 2.24. The van der Waals surface area contributed by atoms with Crippen molar-refractivity contribution in [3.8, 4) is 0 Å². The number of hydrogen-bond acceptors (Lipinski definition) is 4. The number of amidine groups is 1. The Morgan fingerprint density at radius 2 is 2.15 bits per heavy atom. The summed E-state index contributed by atoms with van der Waals surface area (Å²) in [6.45, 7) is 2.98. The van der Waals surface area contributed by atoms with Gasteiger partial charge in [0.15, 0.2) is 0 Å². The molecule has 0 aromatic carbocycles. The number of likely N-dealkylation sites (tertiary alicyclic amines) is 1. The second kappa shape index (κ2) is 9.00. The van der Waals surface area contributed by atoms with Gasteiger partial charge in [0.1, 0.15) is 0 Å². The predicted molar refractivity (Wildman–Crippen MR) is 83.9 cm³/mol. The van der Waals surface area contributed by atoms with Gasteiger partial charge in [0.2, 0.25) is 11.8 Å². The van der Waals surface area contributed by atoms with Crippen LogP contribution in [0.5, 0.6) is 0 Å². The van der Waals surface area contributed by atoms with Gasteiger partial charge in [0, 0.05) is 26.4 Å². The fraction of sp³-hybridized carbons (Fsp3) is 0.786. The van der Waals surface area contributed by atoms with Gasteiger partial charge in [-0.1, -0.05) is 19.8 Å². The molecule has 0 aliphatic carbocycles. The Morgan fingerprint density at radius 1 is 1.40 bits per heavy atom. The molecule has 0 saturated carbocycles. The smallest absolute Gasteiger partial charge is 0.242 e. The first-order valence-electron chi connectivity index (χ1n) is 7.27. The van der Waals surface area contributed by atoms with E-state index in [4.69, 9.17) is 5.73 Å². The molecular formula is C14H25N3O2S. The van der Waals surface area contributed by atoms with Crippen molar-refractivity contribution in [1.82, 2.24) is 4.90 Å². The number of nitrogens with two attached hydrogens (primary N) is 1. The van der Waals surface area contributed by atoms with Crippen LogP contribution in [0.15, 0.2) is 4.99 Å². The largest absolute Gasteiger partial charge is 0.387 e. The van der Waals surface area contributed by atoms with E-state index in [0.717, 1.165) is 31.6 Å². The Kier molecular flexibility index (Phi) is 7.65. The van der Waals surface area contributed by atoms with Gasteiger partial charge in [-0.25, -0.2) is 0 Å². The molecule has 2 N–H and O–H groups in total. The Labute approximate surface area is 125 Å². The van der Waals surface area contributed by atoms with Gasteiger partial charge in [-0.05, 0) is 18.6 Å². The summed E-state index contributed by atoms with van der Waals surface area (Å²) in [5.74, 6) is 1.39. The van der Waals surface area contributed by atoms with Crippen molar-refractivity contribution in [2.45, 2.75) is 50.7 Å². The van der Waals surface area contributed by atoms with Crippen molar-refractivity contribution in [2.24, 2.45) is 10.7 Å². The minimum atomic E-state index is -0.199. The lowest BCUT2D eigenvalue weighted by Crippen LogP contribution is -2.26. The minimum absolute atomic E-state index is 0.0683. The maximum Gasteiger partial charge on any atom is 0.242 e. The van der Waals surface area contributed by atoms with Gasteiger partial charge in [0.25, 0.3) is 0 Å². The van der Waals surface area contributed by atoms with E-state index in [9.17, 15) is 9.59 Å². The first-order valence-corrected chi connectivity index (χ1v) is 8.32. The number of amides is 2. The van der Waals surface area contributed by atoms with Crippen LogP contribution >= 0.6 is 11.8 Å². The van der Waals surface area contributed by atoms with Crippen LogP contribution in [0.25, 0.3) is 0 Å². The van der Waals surface area contributed by atoms with Crippen LogP contribution < -0.4 is 5.73 Å². The Morgan fingerprint density at radius 3 is 2.75 bits per heavy atom. The number of rotatable bonds is 9. The van der Waals surface area contributed by atoms with E-state index in [2.05, 4.69) is 11.9 Å². The van der Waals surface area contributed by atoms with Gasteiger partial charge in [-0.15, -0.1) is 11.8 Å². The lowest BCUT2D eigenvalue weighted by atomic mass is 10.2. The SMILES string of the molecule is CCCCCN=C(N)CCCSC1CC(=O)N(C)C1=O. The number of nitrogens with zero attached hydrogens (tertiary/aromatic N) is 2. The maximum atomic E-state index is 11.7. The van der Waals surface area contributed by atoms with Crippen molar-refractivity contribution in [3.05, 3.63) is 0 Å². The molecule has 5 nitrogen and oxygen atoms in total. The minimum Gasteiger partial charge on any atom is -0.387 e. The number of unbranched alkanes of at least 4 members (excludes halogenated alkanes) is 2. The van der Waals surface area contributed by atoms with Gasteiger partial charge in [-0.3, -0.25) is 19.5 Å². The summed E-state index contributed by atoms with van der Waals surface area (Å²) in [5, 5.41) is -0.199. The van der Waals surface area contributed by atoms with Gasteiger partial charge < -0.3 is 5.73 Å². The molecule has 114 valence electrons. The molecule has 1 saturated heterocycles. The van der Waals surface area contributed by atoms with E-state index in [0.29, 0.717) is 12.3 Å². The summed E-state index contributed by atoms with van der Waals surface area (Å²) in [5.41, 5.74) is 5.83. The zero-order valence-electron chi connectivity index (χ0n) is 12.4. The molecule has 0 spiro atoms. The summed E-state index contributed by atoms with van der Waals surface area (Å²) >= 11 is 1.55. The summed E-state index contributed by atoms with van der Waals surface area (Å²) in [6, 6.07) is 0. The van der Waals surface area contributed by atoms with E-state index in [1.807, 2.05) is 0 Å². The number of imide groups is 1. The molecule has 20 heavy (non-hydrogen) atoms. The molecule has 0 bridgehead atoms. The third-order valence-electron chi connectivity index (χ3n) is 3.31. The summed E-state index contributed by atoms with van der Waals surface area (Å²) in [6.07, 6.45) is 5.48. The Bertz CT molecular complexity index is 371. The van der Waals surface area contributed by atoms with Crippen molar-refractivity contribution in [2.75, 3.05) is 19.3 Å². The molecule has 0 aromatic heterocycles. The van der Waals surface area contributed by atoms with Crippen molar-refractivity contribution in [3.63, 3.8) is 0 Å². The molecule has 6 heteroatoms. The molecule has 1 rings (SSSR count). The summed E-state index contributed by atoms with van der Waals surface area (Å²) < 4.78 is 0. The standard InChI is InChI=1S/C14H25N3O2S/c1-3-4-5-8-16-12(15)7-6-9-20-11-10-13(18)17(2)14(11)19/h11H,3-10H2,1-2H3,(H2,15,16). The van der Waals surface area contributed by atoms with E-state index < -0.39 is 0 Å². The zero-order valence-corrected chi connectivity index (χ0v) is 13.2. The van der Waals surface area contributed by atoms with Gasteiger partial charge in [0.05, 0.1) is 11.1 Å². The van der Waals surface area contributed by atoms with E-state index in [-0.39, 0.29) is 17.1 Å². The fourth-order valence-electron chi connectivity index (χ4n) is 1.99. The molecule has 1 aliphatic rings. The monoisotopic (exact) mass is 299 g/mol. The quantitative estimate of drug-likeness (QED) is 0.305. The average molecular weight is 299 g/mol. The van der Waals surface area contributed by atoms with E-state index in [1.54, 1.807) is 18.8 Å². The van der Waals surface area contributed by atoms with Crippen LogP contribution in [0.2, 0.25) is 0 Å². The molecule has 0 aromatic rings. The summed E-state index contributed by atoms with van der Waals surface area (Å²) in [7, 11) is 1.55. The molecule has 2 amide bonds. The zero-order chi connectivity index (χ0) is 15.0. The number of aliphatic imine (C=N–C) groups is 1. The predicted octanol–water partition coefficient (Wildman–Crippen LogP) is 1.80. The van der Waals surface area contributed by atoms with Crippen LogP contribution in [-0.2, 0) is 9.59 Å². The number of thioether (sulfide) groups is 1. The lowest BCUT2D eigenvalue weighted by molar-refractivity contribution is -0.136. The number of carbonyl (C=O) groups is 2. The van der Waals surface area contributed by atoms with Crippen LogP contribution in [-0.4, -0.2) is 47.1 Å². The Hall–Kier alpha value is -1.04. The van der Waals surface area contributed by atoms with Crippen molar-refractivity contribution < 1.29 is 9.59 Å². The molecular weight excluding hydrogens is 274 g/mol. The third kappa shape index (κ3) is 5.53. The van der Waals surface area contributed by atoms with Crippen LogP contribution in [0, 0.1) is 0 Å². The molecule has 1 fully saturated rings. The lowest BCUT2D eigenvalue weighted by Gasteiger charge is -2.08. The van der Waals surface area contributed by atoms with Crippen LogP contribution in [0.4, 0.5) is 0 Å². The van der Waals surface area contributed by atoms with Crippen LogP contribution in [0.1, 0.15) is 45.4 Å². The number of carbonyl (C=O) groups excluding carboxylic acids is 2. The highest BCUT2D eigenvalue weighted by molar-refractivity contribution is 8.00. The Balaban J connectivity index is 2.13. The molecule has 0 radical (unpaired) electrons. The topological polar surface area (TPSA) is 75.8 Å². The normalized spacial score (nSPS) is 20.0. The summed E-state index contributed by atoms with van der Waals surface area (Å²) in [4.78, 5) is 28.6. The second-order valence-electron chi connectivity index (χ2n) is 5.04. The molecule has 1 atom stereocenters. The molecule has 1 heterocycles. The first-order chi connectivity index (χ1) is 9.56. The first kappa shape index (κ1) is 17.0. The molecule has 1 aliphatic heterocycles. The van der Waals surface area contributed by atoms with E-state index in [1.165, 1.54) is 17.7 Å². The number of hydrogen-bond donors (Lipinski definition) is 1. The van der Waals surface area contributed by atoms with Gasteiger partial charge >= 0.3 is 0 Å².